The number of ether oxygens (including phenoxy) is 1. The fraction of sp³-hybridized carbons (Fsp3) is 0.0370. The smallest absolute Gasteiger partial charge is 0.328 e. The van der Waals surface area contributed by atoms with Gasteiger partial charge in [-0.3, -0.25) is 10.1 Å². The van der Waals surface area contributed by atoms with Crippen LogP contribution in [0.15, 0.2) is 77.6 Å². The molecule has 39 heavy (non-hydrogen) atoms. The Hall–Kier alpha value is -5.41. The van der Waals surface area contributed by atoms with E-state index in [1.165, 1.54) is 34.1 Å². The van der Waals surface area contributed by atoms with Gasteiger partial charge in [-0.05, 0) is 54.6 Å². The lowest BCUT2D eigenvalue weighted by Crippen LogP contribution is -2.16. The van der Waals surface area contributed by atoms with E-state index < -0.39 is 0 Å². The SMILES string of the molecule is Cn1c(=O)cc(Oc2nc(Nc3ccc(C#N)cc3)nc(Nc3nc4ccc(F)cc4s3)n2)c2ccccc21. The van der Waals surface area contributed by atoms with Crippen molar-refractivity contribution in [1.82, 2.24) is 24.5 Å². The third-order valence-electron chi connectivity index (χ3n) is 5.77. The Labute approximate surface area is 224 Å². The number of nitriles is 1. The highest BCUT2D eigenvalue weighted by atomic mass is 32.1. The number of aryl methyl sites for hydroxylation is 1. The first-order chi connectivity index (χ1) is 18.9. The van der Waals surface area contributed by atoms with Crippen molar-refractivity contribution in [2.24, 2.45) is 7.05 Å². The third kappa shape index (κ3) is 4.94. The predicted molar refractivity (Wildman–Crippen MR) is 146 cm³/mol. The Morgan fingerprint density at radius 1 is 0.949 bits per heavy atom. The zero-order valence-electron chi connectivity index (χ0n) is 20.2. The lowest BCUT2D eigenvalue weighted by Gasteiger charge is -2.12. The zero-order chi connectivity index (χ0) is 26.9. The molecule has 12 heteroatoms. The molecule has 190 valence electrons. The molecule has 0 saturated heterocycles. The number of hydrogen-bond donors (Lipinski definition) is 2. The number of rotatable bonds is 6. The lowest BCUT2D eigenvalue weighted by atomic mass is 10.2. The molecule has 2 N–H and O–H groups in total. The minimum absolute atomic E-state index is 0.0748. The van der Waals surface area contributed by atoms with E-state index in [-0.39, 0.29) is 35.0 Å². The summed E-state index contributed by atoms with van der Waals surface area (Å²) < 4.78 is 21.9. The Bertz CT molecular complexity index is 1960. The summed E-state index contributed by atoms with van der Waals surface area (Å²) in [5.74, 6) is 0.186. The highest BCUT2D eigenvalue weighted by Gasteiger charge is 2.15. The van der Waals surface area contributed by atoms with Gasteiger partial charge in [-0.25, -0.2) is 9.37 Å². The van der Waals surface area contributed by atoms with Crippen molar-refractivity contribution in [2.75, 3.05) is 10.6 Å². The fourth-order valence-corrected chi connectivity index (χ4v) is 4.77. The fourth-order valence-electron chi connectivity index (χ4n) is 3.88. The van der Waals surface area contributed by atoms with Gasteiger partial charge in [0.1, 0.15) is 11.6 Å². The van der Waals surface area contributed by atoms with E-state index in [0.717, 1.165) is 0 Å². The molecule has 10 nitrogen and oxygen atoms in total. The predicted octanol–water partition coefficient (Wildman–Crippen LogP) is 5.62. The number of pyridine rings is 1. The summed E-state index contributed by atoms with van der Waals surface area (Å²) in [7, 11) is 1.68. The first-order valence-corrected chi connectivity index (χ1v) is 12.4. The number of fused-ring (bicyclic) bond motifs is 2. The molecular formula is C27H17FN8O2S. The summed E-state index contributed by atoms with van der Waals surface area (Å²) in [6, 6.07) is 21.8. The van der Waals surface area contributed by atoms with Gasteiger partial charge < -0.3 is 14.6 Å². The Morgan fingerprint density at radius 2 is 1.72 bits per heavy atom. The molecule has 0 saturated carbocycles. The summed E-state index contributed by atoms with van der Waals surface area (Å²) in [6.45, 7) is 0. The number of hydrogen-bond acceptors (Lipinski definition) is 10. The van der Waals surface area contributed by atoms with Crippen LogP contribution < -0.4 is 20.9 Å². The summed E-state index contributed by atoms with van der Waals surface area (Å²) in [4.78, 5) is 30.2. The van der Waals surface area contributed by atoms with Crippen LogP contribution in [0.1, 0.15) is 5.56 Å². The van der Waals surface area contributed by atoms with E-state index in [1.807, 2.05) is 24.3 Å². The van der Waals surface area contributed by atoms with Crippen molar-refractivity contribution in [1.29, 1.82) is 5.26 Å². The Kier molecular flexibility index (Phi) is 6.02. The first-order valence-electron chi connectivity index (χ1n) is 11.6. The maximum atomic E-state index is 13.7. The van der Waals surface area contributed by atoms with Crippen LogP contribution in [0.3, 0.4) is 0 Å². The largest absolute Gasteiger partial charge is 0.423 e. The second-order valence-corrected chi connectivity index (χ2v) is 9.39. The summed E-state index contributed by atoms with van der Waals surface area (Å²) >= 11 is 1.24. The minimum Gasteiger partial charge on any atom is -0.423 e. The van der Waals surface area contributed by atoms with Crippen LogP contribution in [0.5, 0.6) is 11.8 Å². The first kappa shape index (κ1) is 24.0. The number of benzene rings is 3. The van der Waals surface area contributed by atoms with Gasteiger partial charge in [-0.15, -0.1) is 0 Å². The quantitative estimate of drug-likeness (QED) is 0.278. The van der Waals surface area contributed by atoms with Crippen molar-refractivity contribution in [3.63, 3.8) is 0 Å². The van der Waals surface area contributed by atoms with E-state index in [9.17, 15) is 9.18 Å². The molecule has 0 radical (unpaired) electrons. The average Bonchev–Trinajstić information content (AvgIpc) is 3.33. The number of para-hydroxylation sites is 1. The number of aromatic nitrogens is 5. The molecule has 0 unspecified atom stereocenters. The van der Waals surface area contributed by atoms with Gasteiger partial charge in [0.15, 0.2) is 5.13 Å². The standard InChI is InChI=1S/C27H17FN8O2S/c1-36-20-5-3-2-4-18(20)21(13-23(36)37)38-26-33-24(30-17-9-6-15(14-29)7-10-17)32-25(34-26)35-27-31-19-11-8-16(28)12-22(19)39-27/h2-13H,1H3,(H2,30,31,32,33,34,35). The van der Waals surface area contributed by atoms with Gasteiger partial charge >= 0.3 is 6.01 Å². The third-order valence-corrected chi connectivity index (χ3v) is 6.71. The molecule has 3 aromatic heterocycles. The van der Waals surface area contributed by atoms with Gasteiger partial charge in [0.05, 0.1) is 27.4 Å². The van der Waals surface area contributed by atoms with E-state index in [4.69, 9.17) is 10.00 Å². The molecular weight excluding hydrogens is 519 g/mol. The van der Waals surface area contributed by atoms with Crippen LogP contribution in [0.25, 0.3) is 21.1 Å². The molecule has 0 spiro atoms. The monoisotopic (exact) mass is 536 g/mol. The van der Waals surface area contributed by atoms with Crippen molar-refractivity contribution in [2.45, 2.75) is 0 Å². The van der Waals surface area contributed by atoms with Gasteiger partial charge in [0, 0.05) is 24.2 Å². The van der Waals surface area contributed by atoms with Gasteiger partial charge in [0.25, 0.3) is 5.56 Å². The number of anilines is 4. The van der Waals surface area contributed by atoms with Crippen molar-refractivity contribution >= 4 is 55.2 Å². The Balaban J connectivity index is 1.40. The van der Waals surface area contributed by atoms with Crippen LogP contribution in [-0.4, -0.2) is 24.5 Å². The molecule has 6 rings (SSSR count). The maximum Gasteiger partial charge on any atom is 0.328 e. The second-order valence-electron chi connectivity index (χ2n) is 8.36. The van der Waals surface area contributed by atoms with Crippen LogP contribution >= 0.6 is 11.3 Å². The molecule has 3 heterocycles. The molecule has 0 aliphatic carbocycles. The Morgan fingerprint density at radius 3 is 2.51 bits per heavy atom. The number of thiazole rings is 1. The maximum absolute atomic E-state index is 13.7. The van der Waals surface area contributed by atoms with E-state index in [1.54, 1.807) is 37.4 Å². The van der Waals surface area contributed by atoms with Gasteiger partial charge in [-0.1, -0.05) is 23.5 Å². The molecule has 0 aliphatic heterocycles. The van der Waals surface area contributed by atoms with Crippen molar-refractivity contribution < 1.29 is 9.13 Å². The van der Waals surface area contributed by atoms with Crippen LogP contribution in [0.2, 0.25) is 0 Å². The summed E-state index contributed by atoms with van der Waals surface area (Å²) in [5.41, 5.74) is 2.19. The van der Waals surface area contributed by atoms with Gasteiger partial charge in [0.2, 0.25) is 11.9 Å². The molecule has 6 aromatic rings. The van der Waals surface area contributed by atoms with E-state index >= 15 is 0 Å². The molecule has 0 atom stereocenters. The molecule has 0 aliphatic rings. The van der Waals surface area contributed by atoms with E-state index in [2.05, 4.69) is 36.6 Å². The average molecular weight is 537 g/mol. The summed E-state index contributed by atoms with van der Waals surface area (Å²) in [6.07, 6.45) is 0. The highest BCUT2D eigenvalue weighted by molar-refractivity contribution is 7.22. The summed E-state index contributed by atoms with van der Waals surface area (Å²) in [5, 5.41) is 16.3. The molecule has 0 bridgehead atoms. The van der Waals surface area contributed by atoms with E-state index in [0.29, 0.717) is 37.5 Å². The topological polar surface area (TPSA) is 131 Å². The second kappa shape index (κ2) is 9.81. The van der Waals surface area contributed by atoms with Crippen molar-refractivity contribution in [3.8, 4) is 17.8 Å². The minimum atomic E-state index is -0.358. The molecule has 0 amide bonds. The van der Waals surface area contributed by atoms with Crippen LogP contribution in [0.4, 0.5) is 27.1 Å². The van der Waals surface area contributed by atoms with Crippen LogP contribution in [-0.2, 0) is 7.05 Å². The van der Waals surface area contributed by atoms with Crippen molar-refractivity contribution in [3.05, 3.63) is 94.5 Å². The number of nitrogens with zero attached hydrogens (tertiary/aromatic N) is 6. The van der Waals surface area contributed by atoms with Crippen LogP contribution in [0, 0.1) is 17.1 Å². The molecule has 0 fully saturated rings. The highest BCUT2D eigenvalue weighted by Crippen LogP contribution is 2.31. The van der Waals surface area contributed by atoms with Gasteiger partial charge in [-0.2, -0.15) is 20.2 Å². The number of halogens is 1. The molecule has 3 aromatic carbocycles. The lowest BCUT2D eigenvalue weighted by molar-refractivity contribution is 0.445. The normalized spacial score (nSPS) is 10.9. The zero-order valence-corrected chi connectivity index (χ0v) is 21.0. The number of nitrogens with one attached hydrogen (secondary N) is 2.